The average molecular weight is 238 g/mol. The van der Waals surface area contributed by atoms with Crippen LogP contribution in [0, 0.1) is 11.3 Å². The Labute approximate surface area is 99.2 Å². The van der Waals surface area contributed by atoms with Crippen molar-refractivity contribution in [1.82, 2.24) is 5.32 Å². The van der Waals surface area contributed by atoms with Crippen molar-refractivity contribution >= 4 is 23.2 Å². The molecule has 0 saturated heterocycles. The molecule has 0 fully saturated rings. The molecule has 0 saturated carbocycles. The zero-order valence-electron chi connectivity index (χ0n) is 8.88. The number of nitrogens with zero attached hydrogens (tertiary/aromatic N) is 1. The van der Waals surface area contributed by atoms with Crippen LogP contribution >= 0.6 is 11.6 Å². The first-order chi connectivity index (χ1) is 7.67. The van der Waals surface area contributed by atoms with Gasteiger partial charge < -0.3 is 10.6 Å². The zero-order chi connectivity index (χ0) is 12.0. The number of nitriles is 1. The smallest absolute Gasteiger partial charge is 0.225 e. The Bertz CT molecular complexity index is 426. The van der Waals surface area contributed by atoms with Crippen LogP contribution in [0.4, 0.5) is 5.69 Å². The summed E-state index contributed by atoms with van der Waals surface area (Å²) in [5, 5.41) is 14.9. The van der Waals surface area contributed by atoms with Crippen molar-refractivity contribution in [2.24, 2.45) is 0 Å². The minimum atomic E-state index is -0.145. The Balaban J connectivity index is 2.76. The fraction of sp³-hybridized carbons (Fsp3) is 0.273. The molecule has 0 aliphatic rings. The Morgan fingerprint density at radius 1 is 1.56 bits per heavy atom. The first-order valence-electron chi connectivity index (χ1n) is 4.81. The molecular formula is C11H12ClN3O. The van der Waals surface area contributed by atoms with Crippen molar-refractivity contribution in [3.05, 3.63) is 28.8 Å². The van der Waals surface area contributed by atoms with Gasteiger partial charge in [-0.3, -0.25) is 4.79 Å². The van der Waals surface area contributed by atoms with Crippen LogP contribution in [0.2, 0.25) is 5.02 Å². The van der Waals surface area contributed by atoms with Gasteiger partial charge in [0, 0.05) is 18.0 Å². The molecule has 84 valence electrons. The zero-order valence-corrected chi connectivity index (χ0v) is 9.64. The van der Waals surface area contributed by atoms with Crippen LogP contribution in [0.1, 0.15) is 12.0 Å². The van der Waals surface area contributed by atoms with Gasteiger partial charge in [0.05, 0.1) is 11.3 Å². The third-order valence-corrected chi connectivity index (χ3v) is 2.21. The van der Waals surface area contributed by atoms with E-state index in [2.05, 4.69) is 10.6 Å². The number of amides is 1. The van der Waals surface area contributed by atoms with E-state index < -0.39 is 0 Å². The van der Waals surface area contributed by atoms with Gasteiger partial charge in [0.25, 0.3) is 0 Å². The second-order valence-corrected chi connectivity index (χ2v) is 3.64. The van der Waals surface area contributed by atoms with Crippen LogP contribution in [0.25, 0.3) is 0 Å². The molecule has 0 bridgehead atoms. The van der Waals surface area contributed by atoms with E-state index >= 15 is 0 Å². The maximum atomic E-state index is 11.4. The van der Waals surface area contributed by atoms with Gasteiger partial charge in [-0.25, -0.2) is 0 Å². The van der Waals surface area contributed by atoms with Crippen molar-refractivity contribution in [2.75, 3.05) is 18.9 Å². The van der Waals surface area contributed by atoms with Gasteiger partial charge in [-0.05, 0) is 25.2 Å². The molecule has 4 nitrogen and oxygen atoms in total. The van der Waals surface area contributed by atoms with Crippen LogP contribution < -0.4 is 10.6 Å². The van der Waals surface area contributed by atoms with Gasteiger partial charge in [0.2, 0.25) is 5.91 Å². The van der Waals surface area contributed by atoms with E-state index in [9.17, 15) is 4.79 Å². The maximum Gasteiger partial charge on any atom is 0.225 e. The lowest BCUT2D eigenvalue weighted by Crippen LogP contribution is -2.19. The van der Waals surface area contributed by atoms with E-state index in [4.69, 9.17) is 16.9 Å². The Morgan fingerprint density at radius 3 is 2.94 bits per heavy atom. The summed E-state index contributed by atoms with van der Waals surface area (Å²) in [6.45, 7) is 0.592. The summed E-state index contributed by atoms with van der Waals surface area (Å²) in [5.74, 6) is -0.145. The fourth-order valence-electron chi connectivity index (χ4n) is 1.17. The predicted molar refractivity (Wildman–Crippen MR) is 63.3 cm³/mol. The first-order valence-corrected chi connectivity index (χ1v) is 5.19. The summed E-state index contributed by atoms with van der Waals surface area (Å²) >= 11 is 5.79. The van der Waals surface area contributed by atoms with Gasteiger partial charge in [-0.15, -0.1) is 0 Å². The Morgan fingerprint density at radius 2 is 2.31 bits per heavy atom. The first kappa shape index (κ1) is 12.5. The number of benzene rings is 1. The van der Waals surface area contributed by atoms with E-state index in [0.29, 0.717) is 29.2 Å². The monoisotopic (exact) mass is 237 g/mol. The third-order valence-electron chi connectivity index (χ3n) is 1.98. The molecule has 0 spiro atoms. The third kappa shape index (κ3) is 3.54. The molecule has 1 aromatic carbocycles. The van der Waals surface area contributed by atoms with Crippen LogP contribution in [0.15, 0.2) is 18.2 Å². The maximum absolute atomic E-state index is 11.4. The number of halogens is 1. The molecular weight excluding hydrogens is 226 g/mol. The number of rotatable bonds is 4. The molecule has 0 aliphatic carbocycles. The minimum absolute atomic E-state index is 0.145. The Kier molecular flexibility index (Phi) is 4.77. The number of anilines is 1. The normalized spacial score (nSPS) is 9.56. The highest BCUT2D eigenvalue weighted by molar-refractivity contribution is 6.31. The van der Waals surface area contributed by atoms with Crippen LogP contribution in [0.3, 0.4) is 0 Å². The molecule has 16 heavy (non-hydrogen) atoms. The van der Waals surface area contributed by atoms with E-state index in [1.165, 1.54) is 0 Å². The van der Waals surface area contributed by atoms with Crippen molar-refractivity contribution in [1.29, 1.82) is 5.26 Å². The lowest BCUT2D eigenvalue weighted by atomic mass is 10.2. The Hall–Kier alpha value is -1.57. The molecule has 0 atom stereocenters. The van der Waals surface area contributed by atoms with Gasteiger partial charge in [-0.2, -0.15) is 5.26 Å². The average Bonchev–Trinajstić information content (AvgIpc) is 2.27. The molecule has 1 amide bonds. The largest absolute Gasteiger partial charge is 0.325 e. The number of hydrogen-bond acceptors (Lipinski definition) is 3. The summed E-state index contributed by atoms with van der Waals surface area (Å²) in [7, 11) is 1.77. The number of carbonyl (C=O) groups is 1. The second-order valence-electron chi connectivity index (χ2n) is 3.20. The van der Waals surface area contributed by atoms with Gasteiger partial charge in [0.1, 0.15) is 6.07 Å². The van der Waals surface area contributed by atoms with Crippen LogP contribution in [-0.2, 0) is 4.79 Å². The molecule has 1 rings (SSSR count). The van der Waals surface area contributed by atoms with Gasteiger partial charge in [0.15, 0.2) is 0 Å². The highest BCUT2D eigenvalue weighted by Crippen LogP contribution is 2.20. The van der Waals surface area contributed by atoms with E-state index in [1.54, 1.807) is 25.2 Å². The summed E-state index contributed by atoms with van der Waals surface area (Å²) < 4.78 is 0. The number of hydrogen-bond donors (Lipinski definition) is 2. The highest BCUT2D eigenvalue weighted by Gasteiger charge is 2.06. The summed E-state index contributed by atoms with van der Waals surface area (Å²) in [6, 6.07) is 6.76. The van der Waals surface area contributed by atoms with Crippen molar-refractivity contribution in [2.45, 2.75) is 6.42 Å². The van der Waals surface area contributed by atoms with E-state index in [1.807, 2.05) is 6.07 Å². The molecule has 0 radical (unpaired) electrons. The van der Waals surface area contributed by atoms with E-state index in [0.717, 1.165) is 0 Å². The summed E-state index contributed by atoms with van der Waals surface area (Å²) in [5.41, 5.74) is 0.860. The fourth-order valence-corrected chi connectivity index (χ4v) is 1.34. The summed E-state index contributed by atoms with van der Waals surface area (Å²) in [6.07, 6.45) is 0.355. The van der Waals surface area contributed by atoms with Crippen LogP contribution in [0.5, 0.6) is 0 Å². The van der Waals surface area contributed by atoms with Gasteiger partial charge in [-0.1, -0.05) is 11.6 Å². The molecule has 1 aromatic rings. The quantitative estimate of drug-likeness (QED) is 0.839. The number of nitrogens with one attached hydrogen (secondary N) is 2. The van der Waals surface area contributed by atoms with Crippen LogP contribution in [-0.4, -0.2) is 19.5 Å². The molecule has 0 aromatic heterocycles. The summed E-state index contributed by atoms with van der Waals surface area (Å²) in [4.78, 5) is 11.4. The number of carbonyl (C=O) groups excluding carboxylic acids is 1. The van der Waals surface area contributed by atoms with E-state index in [-0.39, 0.29) is 5.91 Å². The molecule has 0 heterocycles. The highest BCUT2D eigenvalue weighted by atomic mass is 35.5. The van der Waals surface area contributed by atoms with Crippen molar-refractivity contribution in [3.63, 3.8) is 0 Å². The molecule has 5 heteroatoms. The SMILES string of the molecule is CNCCC(=O)Nc1cc(Cl)ccc1C#N. The molecule has 0 unspecified atom stereocenters. The van der Waals surface area contributed by atoms with Gasteiger partial charge >= 0.3 is 0 Å². The second kappa shape index (κ2) is 6.11. The standard InChI is InChI=1S/C11H12ClN3O/c1-14-5-4-11(16)15-10-6-9(12)3-2-8(10)7-13/h2-3,6,14H,4-5H2,1H3,(H,15,16). The minimum Gasteiger partial charge on any atom is -0.325 e. The lowest BCUT2D eigenvalue weighted by molar-refractivity contribution is -0.116. The lowest BCUT2D eigenvalue weighted by Gasteiger charge is -2.07. The van der Waals surface area contributed by atoms with Crippen molar-refractivity contribution in [3.8, 4) is 6.07 Å². The van der Waals surface area contributed by atoms with Crippen molar-refractivity contribution < 1.29 is 4.79 Å². The predicted octanol–water partition coefficient (Wildman–Crippen LogP) is 1.76. The molecule has 2 N–H and O–H groups in total. The topological polar surface area (TPSA) is 64.9 Å². The molecule has 0 aliphatic heterocycles.